The first kappa shape index (κ1) is 23.5. The quantitative estimate of drug-likeness (QED) is 0.472. The molecule has 0 spiro atoms. The molecular weight excluding hydrogens is 457 g/mol. The van der Waals surface area contributed by atoms with Crippen LogP contribution in [0.25, 0.3) is 0 Å². The number of nitrogens with zero attached hydrogens (tertiary/aromatic N) is 1. The number of nitrogens with one attached hydrogen (secondary N) is 1. The van der Waals surface area contributed by atoms with Crippen molar-refractivity contribution in [2.75, 3.05) is 19.3 Å². The van der Waals surface area contributed by atoms with E-state index in [9.17, 15) is 18.0 Å². The molecular formula is C24H26ClF3N2OS. The van der Waals surface area contributed by atoms with Crippen molar-refractivity contribution in [2.45, 2.75) is 54.8 Å². The van der Waals surface area contributed by atoms with E-state index in [-0.39, 0.29) is 23.1 Å². The Morgan fingerprint density at radius 1 is 1.09 bits per heavy atom. The third-order valence-electron chi connectivity index (χ3n) is 6.74. The van der Waals surface area contributed by atoms with Crippen LogP contribution in [0.15, 0.2) is 47.4 Å². The second-order valence-corrected chi connectivity index (χ2v) is 9.81. The summed E-state index contributed by atoms with van der Waals surface area (Å²) in [6.45, 7) is 1.99. The van der Waals surface area contributed by atoms with Crippen molar-refractivity contribution in [3.05, 3.63) is 64.2 Å². The number of carbonyl (C=O) groups excluding carboxylic acids is 1. The molecule has 2 aromatic carbocycles. The second-order valence-electron chi connectivity index (χ2n) is 8.52. The van der Waals surface area contributed by atoms with Crippen molar-refractivity contribution >= 4 is 29.3 Å². The minimum Gasteiger partial charge on any atom is -0.343 e. The van der Waals surface area contributed by atoms with Gasteiger partial charge in [-0.1, -0.05) is 23.7 Å². The molecule has 3 nitrogen and oxygen atoms in total. The second kappa shape index (κ2) is 9.27. The Morgan fingerprint density at radius 2 is 1.75 bits per heavy atom. The molecule has 1 N–H and O–H groups in total. The molecule has 172 valence electrons. The Labute approximate surface area is 195 Å². The minimum absolute atomic E-state index is 0.175. The molecule has 1 saturated heterocycles. The maximum Gasteiger partial charge on any atom is 0.416 e. The van der Waals surface area contributed by atoms with Crippen LogP contribution in [0.2, 0.25) is 5.02 Å². The summed E-state index contributed by atoms with van der Waals surface area (Å²) in [5, 5.41) is 3.82. The lowest BCUT2D eigenvalue weighted by Crippen LogP contribution is -2.60. The number of rotatable bonds is 6. The number of thioether (sulfide) groups is 1. The Hall–Kier alpha value is -1.70. The third kappa shape index (κ3) is 4.52. The van der Waals surface area contributed by atoms with Gasteiger partial charge >= 0.3 is 6.18 Å². The van der Waals surface area contributed by atoms with Crippen LogP contribution in [-0.2, 0) is 6.18 Å². The maximum absolute atomic E-state index is 13.4. The van der Waals surface area contributed by atoms with Crippen LogP contribution in [0, 0.1) is 0 Å². The van der Waals surface area contributed by atoms with Gasteiger partial charge in [0.1, 0.15) is 0 Å². The molecule has 2 aliphatic rings. The number of hydrogen-bond donors (Lipinski definition) is 1. The van der Waals surface area contributed by atoms with Crippen LogP contribution in [0.3, 0.4) is 0 Å². The Kier molecular flexibility index (Phi) is 6.80. The van der Waals surface area contributed by atoms with Crippen LogP contribution in [0.4, 0.5) is 13.2 Å². The SMILES string of the molecule is CSc1cc(C(F)(F)F)ccc1C(=O)NC(c1ccc(Cl)cc1)C1(N2CCCC2)CCC1. The molecule has 0 bridgehead atoms. The lowest BCUT2D eigenvalue weighted by Gasteiger charge is -2.54. The van der Waals surface area contributed by atoms with E-state index in [1.165, 1.54) is 6.07 Å². The van der Waals surface area contributed by atoms with Crippen LogP contribution in [0.1, 0.15) is 59.6 Å². The predicted octanol–water partition coefficient (Wildman–Crippen LogP) is 6.57. The standard InChI is InChI=1S/C24H26ClF3N2OS/c1-32-20-15-17(24(26,27)28)7-10-19(20)22(31)29-21(16-5-8-18(25)9-6-16)23(11-4-12-23)30-13-2-3-14-30/h5-10,15,21H,2-4,11-14H2,1H3,(H,29,31). The summed E-state index contributed by atoms with van der Waals surface area (Å²) in [4.78, 5) is 16.2. The lowest BCUT2D eigenvalue weighted by molar-refractivity contribution is -0.137. The Balaban J connectivity index is 1.68. The monoisotopic (exact) mass is 482 g/mol. The van der Waals surface area contributed by atoms with E-state index in [0.29, 0.717) is 9.92 Å². The molecule has 1 unspecified atom stereocenters. The third-order valence-corrected chi connectivity index (χ3v) is 7.77. The van der Waals surface area contributed by atoms with Crippen molar-refractivity contribution in [3.63, 3.8) is 0 Å². The zero-order valence-electron chi connectivity index (χ0n) is 17.8. The van der Waals surface area contributed by atoms with Crippen LogP contribution < -0.4 is 5.32 Å². The molecule has 1 amide bonds. The minimum atomic E-state index is -4.45. The largest absolute Gasteiger partial charge is 0.416 e. The number of likely N-dealkylation sites (tertiary alicyclic amines) is 1. The molecule has 32 heavy (non-hydrogen) atoms. The van der Waals surface area contributed by atoms with E-state index in [0.717, 1.165) is 74.7 Å². The summed E-state index contributed by atoms with van der Waals surface area (Å²) in [5.74, 6) is -0.353. The predicted molar refractivity (Wildman–Crippen MR) is 122 cm³/mol. The average molecular weight is 483 g/mol. The van der Waals surface area contributed by atoms with Gasteiger partial charge in [0.2, 0.25) is 0 Å². The molecule has 0 aromatic heterocycles. The highest BCUT2D eigenvalue weighted by Crippen LogP contribution is 2.48. The number of halogens is 4. The van der Waals surface area contributed by atoms with E-state index in [4.69, 9.17) is 11.6 Å². The van der Waals surface area contributed by atoms with Crippen molar-refractivity contribution in [2.24, 2.45) is 0 Å². The fourth-order valence-corrected chi connectivity index (χ4v) is 5.69. The zero-order valence-corrected chi connectivity index (χ0v) is 19.4. The normalized spacial score (nSPS) is 19.4. The van der Waals surface area contributed by atoms with Crippen molar-refractivity contribution in [1.82, 2.24) is 10.2 Å². The highest BCUT2D eigenvalue weighted by Gasteiger charge is 2.50. The Bertz CT molecular complexity index is 970. The van der Waals surface area contributed by atoms with Gasteiger partial charge in [-0.25, -0.2) is 0 Å². The first-order chi connectivity index (χ1) is 15.2. The van der Waals surface area contributed by atoms with E-state index >= 15 is 0 Å². The van der Waals surface area contributed by atoms with Crippen LogP contribution in [0.5, 0.6) is 0 Å². The fourth-order valence-electron chi connectivity index (χ4n) is 4.94. The summed E-state index contributed by atoms with van der Waals surface area (Å²) in [6, 6.07) is 10.6. The number of alkyl halides is 3. The molecule has 1 atom stereocenters. The topological polar surface area (TPSA) is 32.3 Å². The van der Waals surface area contributed by atoms with Crippen molar-refractivity contribution < 1.29 is 18.0 Å². The van der Waals surface area contributed by atoms with Crippen molar-refractivity contribution in [1.29, 1.82) is 0 Å². The maximum atomic E-state index is 13.4. The van der Waals surface area contributed by atoms with E-state index in [1.807, 2.05) is 24.3 Å². The van der Waals surface area contributed by atoms with E-state index < -0.39 is 11.7 Å². The summed E-state index contributed by atoms with van der Waals surface area (Å²) >= 11 is 7.25. The summed E-state index contributed by atoms with van der Waals surface area (Å²) < 4.78 is 39.5. The van der Waals surface area contributed by atoms with Gasteiger partial charge < -0.3 is 5.32 Å². The summed E-state index contributed by atoms with van der Waals surface area (Å²) in [7, 11) is 0. The summed E-state index contributed by atoms with van der Waals surface area (Å²) in [6.07, 6.45) is 2.55. The average Bonchev–Trinajstić information content (AvgIpc) is 3.26. The van der Waals surface area contributed by atoms with Gasteiger partial charge in [0.25, 0.3) is 5.91 Å². The smallest absolute Gasteiger partial charge is 0.343 e. The highest BCUT2D eigenvalue weighted by atomic mass is 35.5. The molecule has 2 fully saturated rings. The van der Waals surface area contributed by atoms with Crippen molar-refractivity contribution in [3.8, 4) is 0 Å². The van der Waals surface area contributed by atoms with Gasteiger partial charge in [0, 0.05) is 15.5 Å². The number of benzene rings is 2. The van der Waals surface area contributed by atoms with Gasteiger partial charge in [-0.15, -0.1) is 11.8 Å². The van der Waals surface area contributed by atoms with E-state index in [1.54, 1.807) is 6.26 Å². The lowest BCUT2D eigenvalue weighted by atomic mass is 9.68. The number of carbonyl (C=O) groups is 1. The molecule has 1 aliphatic carbocycles. The molecule has 4 rings (SSSR count). The van der Waals surface area contributed by atoms with Gasteiger partial charge in [0.05, 0.1) is 17.2 Å². The molecule has 1 saturated carbocycles. The molecule has 8 heteroatoms. The molecule has 1 aliphatic heterocycles. The van der Waals surface area contributed by atoms with Crippen LogP contribution in [-0.4, -0.2) is 35.7 Å². The highest BCUT2D eigenvalue weighted by molar-refractivity contribution is 7.98. The number of hydrogen-bond acceptors (Lipinski definition) is 3. The molecule has 1 heterocycles. The Morgan fingerprint density at radius 3 is 2.28 bits per heavy atom. The number of amides is 1. The molecule has 0 radical (unpaired) electrons. The van der Waals surface area contributed by atoms with Gasteiger partial charge in [-0.3, -0.25) is 9.69 Å². The van der Waals surface area contributed by atoms with Gasteiger partial charge in [-0.05, 0) is 87.3 Å². The van der Waals surface area contributed by atoms with Gasteiger partial charge in [0.15, 0.2) is 0 Å². The summed E-state index contributed by atoms with van der Waals surface area (Å²) in [5.41, 5.74) is 0.304. The van der Waals surface area contributed by atoms with Gasteiger partial charge in [-0.2, -0.15) is 13.2 Å². The molecule has 2 aromatic rings. The zero-order chi connectivity index (χ0) is 22.9. The first-order valence-electron chi connectivity index (χ1n) is 10.8. The van der Waals surface area contributed by atoms with E-state index in [2.05, 4.69) is 10.2 Å². The fraction of sp³-hybridized carbons (Fsp3) is 0.458. The first-order valence-corrected chi connectivity index (χ1v) is 12.4. The van der Waals surface area contributed by atoms with Crippen LogP contribution >= 0.6 is 23.4 Å².